The first-order valence-electron chi connectivity index (χ1n) is 9.13. The van der Waals surface area contributed by atoms with Gasteiger partial charge in [0.25, 0.3) is 0 Å². The minimum absolute atomic E-state index is 0.0131. The lowest BCUT2D eigenvalue weighted by atomic mass is 9.78. The third-order valence-electron chi connectivity index (χ3n) is 5.26. The van der Waals surface area contributed by atoms with Gasteiger partial charge in [0.15, 0.2) is 0 Å². The van der Waals surface area contributed by atoms with Crippen molar-refractivity contribution in [2.45, 2.75) is 90.1 Å². The van der Waals surface area contributed by atoms with Gasteiger partial charge in [0.05, 0.1) is 6.61 Å². The van der Waals surface area contributed by atoms with Gasteiger partial charge in [-0.2, -0.15) is 0 Å². The molecule has 3 nitrogen and oxygen atoms in total. The van der Waals surface area contributed by atoms with Gasteiger partial charge in [-0.1, -0.05) is 45.4 Å². The summed E-state index contributed by atoms with van der Waals surface area (Å²) in [6.45, 7) is 4.72. The molecule has 0 aliphatic heterocycles. The van der Waals surface area contributed by atoms with Crippen LogP contribution in [0.1, 0.15) is 78.1 Å². The molecule has 2 fully saturated rings. The van der Waals surface area contributed by atoms with E-state index in [0.717, 1.165) is 5.92 Å². The summed E-state index contributed by atoms with van der Waals surface area (Å²) in [7, 11) is 0. The first-order chi connectivity index (χ1) is 10.2. The van der Waals surface area contributed by atoms with E-state index in [1.165, 1.54) is 64.2 Å². The standard InChI is InChI=1S/C18H33NO2/c1-3-21-18(20)17(15-10-8-9-14(2)13-15)19-16-11-6-4-5-7-12-16/h14-17,19H,3-13H2,1-2H3. The van der Waals surface area contributed by atoms with Crippen molar-refractivity contribution in [2.75, 3.05) is 6.61 Å². The molecule has 0 aromatic heterocycles. The molecule has 2 aliphatic rings. The summed E-state index contributed by atoms with van der Waals surface area (Å²) < 4.78 is 5.36. The molecule has 0 bridgehead atoms. The quantitative estimate of drug-likeness (QED) is 0.614. The van der Waals surface area contributed by atoms with E-state index in [-0.39, 0.29) is 12.0 Å². The molecule has 0 radical (unpaired) electrons. The molecule has 2 saturated carbocycles. The van der Waals surface area contributed by atoms with Crippen LogP contribution in [0.4, 0.5) is 0 Å². The highest BCUT2D eigenvalue weighted by molar-refractivity contribution is 5.76. The van der Waals surface area contributed by atoms with Gasteiger partial charge in [0, 0.05) is 6.04 Å². The Bertz CT molecular complexity index is 310. The summed E-state index contributed by atoms with van der Waals surface area (Å²) in [4.78, 5) is 12.4. The van der Waals surface area contributed by atoms with E-state index in [1.807, 2.05) is 6.92 Å². The summed E-state index contributed by atoms with van der Waals surface area (Å²) in [6, 6.07) is 0.440. The third-order valence-corrected chi connectivity index (χ3v) is 5.26. The number of rotatable bonds is 5. The van der Waals surface area contributed by atoms with Crippen LogP contribution in [0.3, 0.4) is 0 Å². The zero-order valence-corrected chi connectivity index (χ0v) is 13.9. The maximum absolute atomic E-state index is 12.4. The van der Waals surface area contributed by atoms with Crippen molar-refractivity contribution in [1.82, 2.24) is 5.32 Å². The van der Waals surface area contributed by atoms with Gasteiger partial charge in [-0.15, -0.1) is 0 Å². The largest absolute Gasteiger partial charge is 0.465 e. The van der Waals surface area contributed by atoms with E-state index in [0.29, 0.717) is 18.6 Å². The molecule has 0 spiro atoms. The van der Waals surface area contributed by atoms with E-state index in [2.05, 4.69) is 12.2 Å². The van der Waals surface area contributed by atoms with Crippen LogP contribution in [-0.2, 0) is 9.53 Å². The molecular formula is C18H33NO2. The number of carbonyl (C=O) groups is 1. The molecule has 1 N–H and O–H groups in total. The number of hydrogen-bond acceptors (Lipinski definition) is 3. The fourth-order valence-corrected chi connectivity index (χ4v) is 4.11. The van der Waals surface area contributed by atoms with Crippen LogP contribution >= 0.6 is 0 Å². The van der Waals surface area contributed by atoms with Crippen LogP contribution in [0.15, 0.2) is 0 Å². The predicted molar refractivity (Wildman–Crippen MR) is 86.2 cm³/mol. The van der Waals surface area contributed by atoms with Gasteiger partial charge in [0.2, 0.25) is 0 Å². The van der Waals surface area contributed by atoms with E-state index in [9.17, 15) is 4.79 Å². The maximum Gasteiger partial charge on any atom is 0.323 e. The van der Waals surface area contributed by atoms with Crippen LogP contribution in [0, 0.1) is 11.8 Å². The van der Waals surface area contributed by atoms with Crippen LogP contribution in [0.2, 0.25) is 0 Å². The molecule has 0 aromatic carbocycles. The number of ether oxygens (including phenoxy) is 1. The van der Waals surface area contributed by atoms with Gasteiger partial charge in [-0.05, 0) is 44.4 Å². The molecule has 0 aromatic rings. The van der Waals surface area contributed by atoms with E-state index in [1.54, 1.807) is 0 Å². The summed E-state index contributed by atoms with van der Waals surface area (Å²) in [5.74, 6) is 1.20. The first kappa shape index (κ1) is 16.8. The minimum atomic E-state index is -0.0733. The average Bonchev–Trinajstić information content (AvgIpc) is 2.73. The molecule has 3 unspecified atom stereocenters. The lowest BCUT2D eigenvalue weighted by Crippen LogP contribution is -2.49. The highest BCUT2D eigenvalue weighted by Gasteiger charge is 2.34. The smallest absolute Gasteiger partial charge is 0.323 e. The second-order valence-corrected chi connectivity index (χ2v) is 7.12. The highest BCUT2D eigenvalue weighted by Crippen LogP contribution is 2.32. The molecule has 2 rings (SSSR count). The van der Waals surface area contributed by atoms with Crippen molar-refractivity contribution in [3.8, 4) is 0 Å². The minimum Gasteiger partial charge on any atom is -0.465 e. The Morgan fingerprint density at radius 3 is 2.43 bits per heavy atom. The molecule has 122 valence electrons. The second-order valence-electron chi connectivity index (χ2n) is 7.12. The van der Waals surface area contributed by atoms with Crippen molar-refractivity contribution in [3.63, 3.8) is 0 Å². The first-order valence-corrected chi connectivity index (χ1v) is 9.13. The normalized spacial score (nSPS) is 29.6. The zero-order valence-electron chi connectivity index (χ0n) is 13.9. The average molecular weight is 295 g/mol. The predicted octanol–water partition coefficient (Wildman–Crippen LogP) is 4.06. The Morgan fingerprint density at radius 2 is 1.81 bits per heavy atom. The summed E-state index contributed by atoms with van der Waals surface area (Å²) in [6.07, 6.45) is 12.7. The highest BCUT2D eigenvalue weighted by atomic mass is 16.5. The Hall–Kier alpha value is -0.570. The van der Waals surface area contributed by atoms with Gasteiger partial charge >= 0.3 is 5.97 Å². The van der Waals surface area contributed by atoms with Gasteiger partial charge in [-0.3, -0.25) is 4.79 Å². The van der Waals surface area contributed by atoms with Crippen molar-refractivity contribution >= 4 is 5.97 Å². The Morgan fingerprint density at radius 1 is 1.10 bits per heavy atom. The van der Waals surface area contributed by atoms with Crippen LogP contribution in [-0.4, -0.2) is 24.7 Å². The fraction of sp³-hybridized carbons (Fsp3) is 0.944. The van der Waals surface area contributed by atoms with Gasteiger partial charge < -0.3 is 10.1 Å². The van der Waals surface area contributed by atoms with E-state index >= 15 is 0 Å². The molecule has 21 heavy (non-hydrogen) atoms. The maximum atomic E-state index is 12.4. The van der Waals surface area contributed by atoms with Crippen LogP contribution < -0.4 is 5.32 Å². The molecule has 3 atom stereocenters. The lowest BCUT2D eigenvalue weighted by Gasteiger charge is -2.34. The number of esters is 1. The van der Waals surface area contributed by atoms with Crippen molar-refractivity contribution in [1.29, 1.82) is 0 Å². The SMILES string of the molecule is CCOC(=O)C(NC1CCCCCC1)C1CCCC(C)C1. The van der Waals surface area contributed by atoms with Crippen LogP contribution in [0.25, 0.3) is 0 Å². The lowest BCUT2D eigenvalue weighted by molar-refractivity contribution is -0.148. The Balaban J connectivity index is 1.98. The molecule has 3 heteroatoms. The monoisotopic (exact) mass is 295 g/mol. The van der Waals surface area contributed by atoms with Crippen molar-refractivity contribution in [3.05, 3.63) is 0 Å². The molecule has 2 aliphatic carbocycles. The van der Waals surface area contributed by atoms with E-state index < -0.39 is 0 Å². The summed E-state index contributed by atoms with van der Waals surface area (Å²) >= 11 is 0. The number of nitrogens with one attached hydrogen (secondary N) is 1. The number of hydrogen-bond donors (Lipinski definition) is 1. The third kappa shape index (κ3) is 5.28. The van der Waals surface area contributed by atoms with Crippen molar-refractivity contribution < 1.29 is 9.53 Å². The van der Waals surface area contributed by atoms with Crippen molar-refractivity contribution in [2.24, 2.45) is 11.8 Å². The Labute approximate surface area is 130 Å². The van der Waals surface area contributed by atoms with E-state index in [4.69, 9.17) is 4.74 Å². The molecule has 0 saturated heterocycles. The zero-order chi connectivity index (χ0) is 15.1. The topological polar surface area (TPSA) is 38.3 Å². The summed E-state index contributed by atoms with van der Waals surface area (Å²) in [5.41, 5.74) is 0. The van der Waals surface area contributed by atoms with Gasteiger partial charge in [0.1, 0.15) is 6.04 Å². The molecular weight excluding hydrogens is 262 g/mol. The number of carbonyl (C=O) groups excluding carboxylic acids is 1. The summed E-state index contributed by atoms with van der Waals surface area (Å²) in [5, 5.41) is 3.70. The fourth-order valence-electron chi connectivity index (χ4n) is 4.11. The molecule has 0 amide bonds. The van der Waals surface area contributed by atoms with Crippen LogP contribution in [0.5, 0.6) is 0 Å². The molecule has 0 heterocycles. The Kier molecular flexibility index (Phi) is 7.01. The second kappa shape index (κ2) is 8.77. The van der Waals surface area contributed by atoms with Gasteiger partial charge in [-0.25, -0.2) is 0 Å².